The summed E-state index contributed by atoms with van der Waals surface area (Å²) >= 11 is 0. The van der Waals surface area contributed by atoms with Crippen LogP contribution < -0.4 is 0 Å². The molecule has 1 N–H and O–H groups in total. The first-order valence-corrected chi connectivity index (χ1v) is 13.6. The maximum Gasteiger partial charge on any atom is 0.0594 e. The van der Waals surface area contributed by atoms with Crippen LogP contribution in [0.25, 0.3) is 0 Å². The lowest BCUT2D eigenvalue weighted by atomic mass is 9.32. The van der Waals surface area contributed by atoms with Gasteiger partial charge in [-0.3, -0.25) is 0 Å². The molecule has 0 aromatic rings. The number of rotatable bonds is 1. The fourth-order valence-electron chi connectivity index (χ4n) is 11.5. The summed E-state index contributed by atoms with van der Waals surface area (Å²) < 4.78 is 0. The van der Waals surface area contributed by atoms with Crippen LogP contribution in [0.5, 0.6) is 0 Å². The van der Waals surface area contributed by atoms with Gasteiger partial charge in [0, 0.05) is 0 Å². The highest BCUT2D eigenvalue weighted by Crippen LogP contribution is 2.77. The van der Waals surface area contributed by atoms with Gasteiger partial charge in [0.1, 0.15) is 0 Å². The average molecular weight is 427 g/mol. The lowest BCUT2D eigenvalue weighted by Gasteiger charge is -2.73. The van der Waals surface area contributed by atoms with Gasteiger partial charge in [-0.05, 0) is 128 Å². The van der Waals surface area contributed by atoms with Gasteiger partial charge in [-0.25, -0.2) is 0 Å². The predicted octanol–water partition coefficient (Wildman–Crippen LogP) is 8.02. The normalized spacial score (nSPS) is 57.9. The van der Waals surface area contributed by atoms with Gasteiger partial charge in [0.25, 0.3) is 0 Å². The Morgan fingerprint density at radius 2 is 1.45 bits per heavy atom. The second-order valence-electron chi connectivity index (χ2n) is 14.7. The van der Waals surface area contributed by atoms with E-state index in [4.69, 9.17) is 0 Å². The summed E-state index contributed by atoms with van der Waals surface area (Å²) in [7, 11) is 0. The zero-order valence-corrected chi connectivity index (χ0v) is 21.7. The van der Waals surface area contributed by atoms with E-state index in [0.29, 0.717) is 27.6 Å². The Balaban J connectivity index is 1.54. The summed E-state index contributed by atoms with van der Waals surface area (Å²) in [6.07, 6.45) is 13.4. The second kappa shape index (κ2) is 6.64. The third-order valence-electron chi connectivity index (χ3n) is 13.5. The van der Waals surface area contributed by atoms with Crippen molar-refractivity contribution in [2.75, 3.05) is 0 Å². The standard InChI is InChI=1S/C30H50O/c1-19(2)20-11-14-27(5)17-18-29(7)21(25(20)27)9-10-23-28(6)15-13-24(31)26(3,4)22(28)12-16-30(23,29)8/h20-25,31H,1,9-18H2,2-8H3/t20-,21?,22?,23?,24-,25?,27+,28-,29+,30+/m0/s1. The molecule has 4 unspecified atom stereocenters. The van der Waals surface area contributed by atoms with Crippen molar-refractivity contribution >= 4 is 0 Å². The van der Waals surface area contributed by atoms with E-state index in [0.717, 1.165) is 30.1 Å². The van der Waals surface area contributed by atoms with Crippen molar-refractivity contribution in [1.29, 1.82) is 0 Å². The van der Waals surface area contributed by atoms with Crippen LogP contribution in [0.1, 0.15) is 113 Å². The van der Waals surface area contributed by atoms with Crippen LogP contribution in [0.2, 0.25) is 0 Å². The molecule has 176 valence electrons. The minimum Gasteiger partial charge on any atom is -0.393 e. The van der Waals surface area contributed by atoms with E-state index in [-0.39, 0.29) is 11.5 Å². The van der Waals surface area contributed by atoms with E-state index < -0.39 is 0 Å². The first-order chi connectivity index (χ1) is 14.3. The van der Waals surface area contributed by atoms with Crippen LogP contribution in [-0.4, -0.2) is 11.2 Å². The lowest BCUT2D eigenvalue weighted by Crippen LogP contribution is -2.66. The van der Waals surface area contributed by atoms with Gasteiger partial charge in [0.05, 0.1) is 6.10 Å². The molecule has 0 radical (unpaired) electrons. The van der Waals surface area contributed by atoms with Crippen LogP contribution in [0.4, 0.5) is 0 Å². The number of aliphatic hydroxyl groups is 1. The predicted molar refractivity (Wildman–Crippen MR) is 131 cm³/mol. The highest BCUT2D eigenvalue weighted by atomic mass is 16.3. The molecule has 1 nitrogen and oxygen atoms in total. The Morgan fingerprint density at radius 1 is 0.742 bits per heavy atom. The first-order valence-electron chi connectivity index (χ1n) is 13.6. The third kappa shape index (κ3) is 2.65. The number of fused-ring (bicyclic) bond motifs is 7. The van der Waals surface area contributed by atoms with Crippen LogP contribution in [0.3, 0.4) is 0 Å². The van der Waals surface area contributed by atoms with Crippen molar-refractivity contribution < 1.29 is 5.11 Å². The third-order valence-corrected chi connectivity index (χ3v) is 13.5. The molecule has 31 heavy (non-hydrogen) atoms. The van der Waals surface area contributed by atoms with Gasteiger partial charge in [-0.2, -0.15) is 0 Å². The highest BCUT2D eigenvalue weighted by Gasteiger charge is 2.70. The van der Waals surface area contributed by atoms with E-state index in [9.17, 15) is 5.11 Å². The maximum absolute atomic E-state index is 10.9. The van der Waals surface area contributed by atoms with Gasteiger partial charge in [-0.1, -0.05) is 53.7 Å². The molecule has 0 bridgehead atoms. The molecule has 5 aliphatic carbocycles. The highest BCUT2D eigenvalue weighted by molar-refractivity contribution is 5.21. The van der Waals surface area contributed by atoms with Crippen LogP contribution in [0, 0.1) is 56.7 Å². The summed E-state index contributed by atoms with van der Waals surface area (Å²) in [4.78, 5) is 0. The summed E-state index contributed by atoms with van der Waals surface area (Å²) in [5.41, 5.74) is 3.38. The Labute approximate surface area is 192 Å². The molecule has 1 heteroatoms. The molecule has 5 rings (SSSR count). The molecule has 5 saturated carbocycles. The van der Waals surface area contributed by atoms with Crippen molar-refractivity contribution in [3.05, 3.63) is 12.2 Å². The van der Waals surface area contributed by atoms with E-state index >= 15 is 0 Å². The number of allylic oxidation sites excluding steroid dienone is 1. The summed E-state index contributed by atoms with van der Waals surface area (Å²) in [5, 5.41) is 10.9. The molecule has 0 aliphatic heterocycles. The Kier molecular flexibility index (Phi) is 4.82. The smallest absolute Gasteiger partial charge is 0.0594 e. The largest absolute Gasteiger partial charge is 0.393 e. The zero-order chi connectivity index (χ0) is 22.6. The minimum atomic E-state index is -0.118. The van der Waals surface area contributed by atoms with E-state index in [1.807, 2.05) is 0 Å². The monoisotopic (exact) mass is 426 g/mol. The van der Waals surface area contributed by atoms with Crippen molar-refractivity contribution in [1.82, 2.24) is 0 Å². The van der Waals surface area contributed by atoms with Gasteiger partial charge < -0.3 is 5.11 Å². The number of aliphatic hydroxyl groups excluding tert-OH is 1. The average Bonchev–Trinajstić information content (AvgIpc) is 3.04. The van der Waals surface area contributed by atoms with Crippen LogP contribution in [-0.2, 0) is 0 Å². The lowest BCUT2D eigenvalue weighted by molar-refractivity contribution is -0.246. The summed E-state index contributed by atoms with van der Waals surface area (Å²) in [6, 6.07) is 0. The van der Waals surface area contributed by atoms with E-state index in [1.54, 1.807) is 0 Å². The molecule has 0 saturated heterocycles. The van der Waals surface area contributed by atoms with Gasteiger partial charge in [-0.15, -0.1) is 0 Å². The molecular formula is C30H50O. The molecule has 10 atom stereocenters. The molecule has 0 spiro atoms. The minimum absolute atomic E-state index is 0.0632. The summed E-state index contributed by atoms with van der Waals surface area (Å²) in [5.74, 6) is 3.98. The Hall–Kier alpha value is -0.300. The van der Waals surface area contributed by atoms with Gasteiger partial charge in [0.15, 0.2) is 0 Å². The first kappa shape index (κ1) is 22.5. The van der Waals surface area contributed by atoms with Crippen molar-refractivity contribution in [2.45, 2.75) is 119 Å². The van der Waals surface area contributed by atoms with E-state index in [1.165, 1.54) is 63.4 Å². The molecule has 5 fully saturated rings. The quantitative estimate of drug-likeness (QED) is 0.421. The fraction of sp³-hybridized carbons (Fsp3) is 0.933. The topological polar surface area (TPSA) is 20.2 Å². The fourth-order valence-corrected chi connectivity index (χ4v) is 11.5. The molecule has 5 aliphatic rings. The number of hydrogen-bond acceptors (Lipinski definition) is 1. The van der Waals surface area contributed by atoms with Gasteiger partial charge >= 0.3 is 0 Å². The Morgan fingerprint density at radius 3 is 2.13 bits per heavy atom. The molecule has 0 amide bonds. The molecule has 0 aromatic heterocycles. The van der Waals surface area contributed by atoms with E-state index in [2.05, 4.69) is 55.0 Å². The van der Waals surface area contributed by atoms with Crippen LogP contribution >= 0.6 is 0 Å². The molecule has 0 aromatic carbocycles. The zero-order valence-electron chi connectivity index (χ0n) is 21.7. The Bertz CT molecular complexity index is 766. The van der Waals surface area contributed by atoms with Gasteiger partial charge in [0.2, 0.25) is 0 Å². The van der Waals surface area contributed by atoms with Crippen molar-refractivity contribution in [3.63, 3.8) is 0 Å². The molecular weight excluding hydrogens is 376 g/mol. The molecule has 0 heterocycles. The maximum atomic E-state index is 10.9. The summed E-state index contributed by atoms with van der Waals surface area (Å²) in [6.45, 7) is 22.3. The SMILES string of the molecule is C=C(C)[C@@H]1CC[C@]2(C)CC[C@]3(C)C(CCC4[C@@]5(C)CC[C@H](O)C(C)(C)C5CC[C@]43C)C12. The van der Waals surface area contributed by atoms with Crippen molar-refractivity contribution in [3.8, 4) is 0 Å². The van der Waals surface area contributed by atoms with Crippen molar-refractivity contribution in [2.24, 2.45) is 56.7 Å². The number of hydrogen-bond donors (Lipinski definition) is 1. The second-order valence-corrected chi connectivity index (χ2v) is 14.7. The van der Waals surface area contributed by atoms with Crippen LogP contribution in [0.15, 0.2) is 12.2 Å².